The summed E-state index contributed by atoms with van der Waals surface area (Å²) in [5.41, 5.74) is 1.01. The Morgan fingerprint density at radius 3 is 2.78 bits per heavy atom. The molecule has 1 amide bonds. The Balaban J connectivity index is 1.35. The van der Waals surface area contributed by atoms with E-state index in [9.17, 15) is 22.4 Å². The van der Waals surface area contributed by atoms with Gasteiger partial charge in [0.25, 0.3) is 5.89 Å². The lowest BCUT2D eigenvalue weighted by Crippen LogP contribution is -2.41. The van der Waals surface area contributed by atoms with Gasteiger partial charge in [-0.2, -0.15) is 18.3 Å². The Hall–Kier alpha value is -4.62. The van der Waals surface area contributed by atoms with E-state index in [-0.39, 0.29) is 29.5 Å². The lowest BCUT2D eigenvalue weighted by Gasteiger charge is -2.32. The molecule has 0 unspecified atom stereocenters. The molecule has 6 heterocycles. The van der Waals surface area contributed by atoms with Gasteiger partial charge < -0.3 is 14.3 Å². The largest absolute Gasteiger partial charge is 0.417 e. The van der Waals surface area contributed by atoms with Crippen LogP contribution in [-0.2, 0) is 12.6 Å². The lowest BCUT2D eigenvalue weighted by atomic mass is 9.99. The number of hydrogen-bond acceptors (Lipinski definition) is 7. The average molecular weight is 498 g/mol. The summed E-state index contributed by atoms with van der Waals surface area (Å²) in [4.78, 5) is 26.0. The molecule has 0 saturated carbocycles. The second-order valence-electron chi connectivity index (χ2n) is 8.01. The number of halogens is 4. The van der Waals surface area contributed by atoms with Gasteiger partial charge in [-0.05, 0) is 30.3 Å². The summed E-state index contributed by atoms with van der Waals surface area (Å²) >= 11 is 0. The van der Waals surface area contributed by atoms with E-state index in [0.29, 0.717) is 24.0 Å². The van der Waals surface area contributed by atoms with E-state index in [4.69, 9.17) is 4.42 Å². The molecule has 5 aromatic rings. The number of pyridine rings is 2. The summed E-state index contributed by atoms with van der Waals surface area (Å²) in [7, 11) is 0. The lowest BCUT2D eigenvalue weighted by molar-refractivity contribution is -0.137. The highest BCUT2D eigenvalue weighted by Gasteiger charge is 2.38. The number of aromatic nitrogens is 7. The quantitative estimate of drug-likeness (QED) is 0.379. The van der Waals surface area contributed by atoms with Crippen LogP contribution in [0.15, 0.2) is 53.5 Å². The number of hydrogen-bond donors (Lipinski definition) is 1. The normalized spacial score (nSPS) is 15.9. The molecule has 1 N–H and O–H groups in total. The monoisotopic (exact) mass is 498 g/mol. The number of imidazole rings is 1. The first-order valence-corrected chi connectivity index (χ1v) is 10.6. The van der Waals surface area contributed by atoms with E-state index < -0.39 is 29.5 Å². The number of rotatable bonds is 3. The van der Waals surface area contributed by atoms with Gasteiger partial charge in [0.2, 0.25) is 0 Å². The average Bonchev–Trinajstić information content (AvgIpc) is 3.62. The van der Waals surface area contributed by atoms with Gasteiger partial charge in [0.15, 0.2) is 0 Å². The highest BCUT2D eigenvalue weighted by molar-refractivity contribution is 5.90. The smallest absolute Gasteiger partial charge is 0.411 e. The van der Waals surface area contributed by atoms with Crippen LogP contribution in [0.4, 0.5) is 17.6 Å². The van der Waals surface area contributed by atoms with Crippen LogP contribution in [0.25, 0.3) is 17.1 Å². The van der Waals surface area contributed by atoms with Crippen molar-refractivity contribution in [2.75, 3.05) is 6.54 Å². The summed E-state index contributed by atoms with van der Waals surface area (Å²) in [6.07, 6.45) is -0.354. The number of aromatic amines is 1. The molecule has 0 aromatic carbocycles. The van der Waals surface area contributed by atoms with Crippen LogP contribution in [0.1, 0.15) is 39.4 Å². The third-order valence-corrected chi connectivity index (χ3v) is 5.85. The van der Waals surface area contributed by atoms with Gasteiger partial charge in [0, 0.05) is 31.1 Å². The van der Waals surface area contributed by atoms with E-state index in [1.54, 1.807) is 6.20 Å². The van der Waals surface area contributed by atoms with E-state index in [2.05, 4.69) is 30.2 Å². The first kappa shape index (κ1) is 21.9. The van der Waals surface area contributed by atoms with Gasteiger partial charge in [0.1, 0.15) is 23.1 Å². The molecular weight excluding hydrogens is 484 g/mol. The van der Waals surface area contributed by atoms with Crippen molar-refractivity contribution in [2.45, 2.75) is 18.6 Å². The number of alkyl halides is 3. The van der Waals surface area contributed by atoms with Gasteiger partial charge in [-0.25, -0.2) is 13.9 Å². The van der Waals surface area contributed by atoms with Gasteiger partial charge in [-0.1, -0.05) is 0 Å². The highest BCUT2D eigenvalue weighted by atomic mass is 19.4. The minimum atomic E-state index is -4.54. The van der Waals surface area contributed by atoms with Crippen molar-refractivity contribution in [1.82, 2.24) is 39.7 Å². The molecule has 0 spiro atoms. The molecule has 1 aliphatic heterocycles. The minimum absolute atomic E-state index is 0.0184. The summed E-state index contributed by atoms with van der Waals surface area (Å²) in [5, 5.41) is 12.0. The second kappa shape index (κ2) is 7.96. The Kier molecular flexibility index (Phi) is 4.84. The van der Waals surface area contributed by atoms with Gasteiger partial charge in [-0.3, -0.25) is 9.78 Å². The van der Waals surface area contributed by atoms with Crippen molar-refractivity contribution in [3.63, 3.8) is 0 Å². The Bertz CT molecular complexity index is 1590. The number of nitrogens with zero attached hydrogens (tertiary/aromatic N) is 7. The maximum absolute atomic E-state index is 14.3. The number of carbonyl (C=O) groups excluding carboxylic acids is 1. The van der Waals surface area contributed by atoms with Crippen LogP contribution in [0.5, 0.6) is 0 Å². The van der Waals surface area contributed by atoms with Gasteiger partial charge in [-0.15, -0.1) is 10.2 Å². The molecule has 5 aromatic heterocycles. The molecule has 0 fully saturated rings. The number of fused-ring (bicyclic) bond motifs is 2. The molecule has 10 nitrogen and oxygen atoms in total. The van der Waals surface area contributed by atoms with Crippen LogP contribution >= 0.6 is 0 Å². The first-order chi connectivity index (χ1) is 17.3. The zero-order chi connectivity index (χ0) is 25.0. The summed E-state index contributed by atoms with van der Waals surface area (Å²) in [6, 6.07) is 5.49. The molecule has 1 atom stereocenters. The summed E-state index contributed by atoms with van der Waals surface area (Å²) < 4.78 is 59.6. The molecule has 0 saturated heterocycles. The third-order valence-electron chi connectivity index (χ3n) is 5.85. The molecular formula is C22H14F4N8O2. The first-order valence-electron chi connectivity index (χ1n) is 10.6. The highest BCUT2D eigenvalue weighted by Crippen LogP contribution is 2.35. The predicted octanol–water partition coefficient (Wildman–Crippen LogP) is 3.45. The molecule has 1 aliphatic rings. The predicted molar refractivity (Wildman–Crippen MR) is 113 cm³/mol. The maximum Gasteiger partial charge on any atom is 0.417 e. The van der Waals surface area contributed by atoms with Gasteiger partial charge in [0.05, 0.1) is 23.3 Å². The number of nitrogens with one attached hydrogen (secondary N) is 1. The summed E-state index contributed by atoms with van der Waals surface area (Å²) in [6.45, 7) is 0.241. The standard InChI is InChI=1S/C22H14F4N8O2/c23-12-2-1-6-34-16(12)8-15(32-34)18-17-13(28-10-29-17)5-7-33(18)21(35)20-31-30-19(36-20)14-4-3-11(9-27-14)22(24,25)26/h1-4,6,8-10,18H,5,7H2,(H,28,29)/t18-/m0/s1. The topological polar surface area (TPSA) is 118 Å². The Morgan fingerprint density at radius 1 is 1.17 bits per heavy atom. The van der Waals surface area contributed by atoms with Crippen molar-refractivity contribution in [2.24, 2.45) is 0 Å². The second-order valence-corrected chi connectivity index (χ2v) is 8.01. The fourth-order valence-corrected chi connectivity index (χ4v) is 4.15. The number of amides is 1. The Morgan fingerprint density at radius 2 is 2.03 bits per heavy atom. The van der Waals surface area contributed by atoms with Crippen molar-refractivity contribution in [1.29, 1.82) is 0 Å². The van der Waals surface area contributed by atoms with Crippen molar-refractivity contribution >= 4 is 11.4 Å². The third kappa shape index (κ3) is 3.57. The molecule has 14 heteroatoms. The molecule has 0 aliphatic carbocycles. The van der Waals surface area contributed by atoms with Gasteiger partial charge >= 0.3 is 18.0 Å². The van der Waals surface area contributed by atoms with Crippen LogP contribution < -0.4 is 0 Å². The molecule has 6 rings (SSSR count). The van der Waals surface area contributed by atoms with E-state index in [1.807, 2.05) is 0 Å². The number of H-pyrrole nitrogens is 1. The van der Waals surface area contributed by atoms with Crippen LogP contribution in [-0.4, -0.2) is 52.1 Å². The van der Waals surface area contributed by atoms with Crippen LogP contribution in [0.2, 0.25) is 0 Å². The summed E-state index contributed by atoms with van der Waals surface area (Å²) in [5.74, 6) is -1.71. The fraction of sp³-hybridized carbons (Fsp3) is 0.182. The van der Waals surface area contributed by atoms with E-state index in [1.165, 1.54) is 33.9 Å². The van der Waals surface area contributed by atoms with E-state index in [0.717, 1.165) is 17.8 Å². The molecule has 0 bridgehead atoms. The van der Waals surface area contributed by atoms with Crippen LogP contribution in [0, 0.1) is 5.82 Å². The van der Waals surface area contributed by atoms with E-state index >= 15 is 0 Å². The van der Waals surface area contributed by atoms with Crippen LogP contribution in [0.3, 0.4) is 0 Å². The molecule has 36 heavy (non-hydrogen) atoms. The Labute approximate surface area is 198 Å². The SMILES string of the molecule is O=C(c1nnc(-c2ccc(C(F)(F)F)cn2)o1)N1CCc2[nH]cnc2[C@@H]1c1cc2c(F)cccn2n1. The van der Waals surface area contributed by atoms with Crippen molar-refractivity contribution in [3.8, 4) is 11.6 Å². The number of carbonyl (C=O) groups is 1. The molecule has 182 valence electrons. The fourth-order valence-electron chi connectivity index (χ4n) is 4.15. The van der Waals surface area contributed by atoms with Crippen molar-refractivity contribution < 1.29 is 26.8 Å². The zero-order valence-electron chi connectivity index (χ0n) is 18.1. The maximum atomic E-state index is 14.3. The molecule has 0 radical (unpaired) electrons. The minimum Gasteiger partial charge on any atom is -0.411 e. The van der Waals surface area contributed by atoms with Crippen molar-refractivity contribution in [3.05, 3.63) is 83.4 Å². The zero-order valence-corrected chi connectivity index (χ0v) is 18.1.